The second-order valence-corrected chi connectivity index (χ2v) is 3.49. The summed E-state index contributed by atoms with van der Waals surface area (Å²) >= 11 is 0. The number of hydrogen-bond donors (Lipinski definition) is 0. The molecule has 0 bridgehead atoms. The minimum Gasteiger partial charge on any atom is -0.472 e. The van der Waals surface area contributed by atoms with Crippen molar-refractivity contribution in [2.24, 2.45) is 4.99 Å². The van der Waals surface area contributed by atoms with Crippen LogP contribution in [-0.2, 0) is 10.9 Å². The van der Waals surface area contributed by atoms with Crippen LogP contribution in [0.15, 0.2) is 23.5 Å². The summed E-state index contributed by atoms with van der Waals surface area (Å²) in [6, 6.07) is 0.921. The average Bonchev–Trinajstić information content (AvgIpc) is 2.64. The van der Waals surface area contributed by atoms with Crippen molar-refractivity contribution in [3.63, 3.8) is 0 Å². The van der Waals surface area contributed by atoms with Crippen LogP contribution in [0.1, 0.15) is 18.1 Å². The lowest BCUT2D eigenvalue weighted by molar-refractivity contribution is -0.137. The molecule has 1 aromatic heterocycles. The van der Waals surface area contributed by atoms with Gasteiger partial charge in [-0.2, -0.15) is 13.2 Å². The van der Waals surface area contributed by atoms with Crippen LogP contribution in [0.3, 0.4) is 0 Å². The van der Waals surface area contributed by atoms with Crippen molar-refractivity contribution in [3.8, 4) is 0 Å². The van der Waals surface area contributed by atoms with E-state index in [-0.39, 0.29) is 17.6 Å². The Morgan fingerprint density at radius 3 is 2.75 bits per heavy atom. The zero-order valence-electron chi connectivity index (χ0n) is 8.45. The lowest BCUT2D eigenvalue weighted by Gasteiger charge is -2.12. The molecular formula is C10H9F3N2O. The third-order valence-corrected chi connectivity index (χ3v) is 2.16. The number of nitrogens with zero attached hydrogens (tertiary/aromatic N) is 2. The molecule has 0 radical (unpaired) electrons. The Balaban J connectivity index is 2.42. The third kappa shape index (κ3) is 2.00. The highest BCUT2D eigenvalue weighted by molar-refractivity contribution is 5.96. The van der Waals surface area contributed by atoms with Crippen LogP contribution in [0.5, 0.6) is 0 Å². The molecule has 0 aromatic carbocycles. The van der Waals surface area contributed by atoms with Gasteiger partial charge in [-0.05, 0) is 13.0 Å². The summed E-state index contributed by atoms with van der Waals surface area (Å²) in [6.45, 7) is 2.13. The molecule has 16 heavy (non-hydrogen) atoms. The molecule has 2 rings (SSSR count). The molecule has 0 aliphatic carbocycles. The Kier molecular flexibility index (Phi) is 2.57. The normalized spacial score (nSPS) is 20.5. The fourth-order valence-corrected chi connectivity index (χ4v) is 1.44. The molecule has 1 unspecified atom stereocenters. The number of alkyl halides is 3. The van der Waals surface area contributed by atoms with E-state index in [9.17, 15) is 13.2 Å². The van der Waals surface area contributed by atoms with Crippen molar-refractivity contribution in [1.82, 2.24) is 4.98 Å². The first-order valence-electron chi connectivity index (χ1n) is 4.71. The van der Waals surface area contributed by atoms with Crippen LogP contribution < -0.4 is 0 Å². The summed E-state index contributed by atoms with van der Waals surface area (Å²) in [7, 11) is 0. The molecule has 1 atom stereocenters. The summed E-state index contributed by atoms with van der Waals surface area (Å²) in [5, 5.41) is 0. The number of hydrogen-bond acceptors (Lipinski definition) is 3. The largest absolute Gasteiger partial charge is 0.472 e. The van der Waals surface area contributed by atoms with Gasteiger partial charge < -0.3 is 4.74 Å². The van der Waals surface area contributed by atoms with Crippen molar-refractivity contribution in [2.75, 3.05) is 6.54 Å². The molecule has 1 aliphatic heterocycles. The third-order valence-electron chi connectivity index (χ3n) is 2.16. The van der Waals surface area contributed by atoms with Gasteiger partial charge in [-0.1, -0.05) is 0 Å². The minimum atomic E-state index is -4.42. The monoisotopic (exact) mass is 230 g/mol. The van der Waals surface area contributed by atoms with E-state index in [1.807, 2.05) is 0 Å². The Labute approximate surface area is 90.0 Å². The smallest absolute Gasteiger partial charge is 0.417 e. The summed E-state index contributed by atoms with van der Waals surface area (Å²) < 4.78 is 43.2. The molecule has 1 aliphatic rings. The number of rotatable bonds is 1. The Morgan fingerprint density at radius 2 is 2.19 bits per heavy atom. The maximum Gasteiger partial charge on any atom is 0.417 e. The highest BCUT2D eigenvalue weighted by Crippen LogP contribution is 2.32. The fraction of sp³-hybridized carbons (Fsp3) is 0.400. The van der Waals surface area contributed by atoms with E-state index in [0.717, 1.165) is 18.5 Å². The zero-order chi connectivity index (χ0) is 11.8. The molecule has 0 N–H and O–H groups in total. The van der Waals surface area contributed by atoms with Crippen LogP contribution in [0, 0.1) is 0 Å². The molecular weight excluding hydrogens is 221 g/mol. The summed E-state index contributed by atoms with van der Waals surface area (Å²) in [5.41, 5.74) is -0.866. The van der Waals surface area contributed by atoms with Crippen molar-refractivity contribution in [3.05, 3.63) is 29.6 Å². The molecule has 0 fully saturated rings. The maximum atomic E-state index is 12.7. The van der Waals surface area contributed by atoms with Crippen molar-refractivity contribution >= 4 is 5.90 Å². The van der Waals surface area contributed by atoms with Gasteiger partial charge >= 0.3 is 6.18 Å². The molecule has 86 valence electrons. The Morgan fingerprint density at radius 1 is 1.44 bits per heavy atom. The van der Waals surface area contributed by atoms with Gasteiger partial charge in [0.25, 0.3) is 0 Å². The first kappa shape index (κ1) is 10.9. The first-order chi connectivity index (χ1) is 7.48. The predicted octanol–water partition coefficient (Wildman–Crippen LogP) is 2.27. The second-order valence-electron chi connectivity index (χ2n) is 3.49. The second kappa shape index (κ2) is 3.77. The number of aromatic nitrogens is 1. The SMILES string of the molecule is CC1CN=C(c2cnccc2C(F)(F)F)O1. The average molecular weight is 230 g/mol. The Hall–Kier alpha value is -1.59. The molecule has 2 heterocycles. The van der Waals surface area contributed by atoms with Crippen molar-refractivity contribution in [1.29, 1.82) is 0 Å². The number of aliphatic imine (C=N–C) groups is 1. The molecule has 0 spiro atoms. The van der Waals surface area contributed by atoms with Gasteiger partial charge in [0.2, 0.25) is 5.90 Å². The van der Waals surface area contributed by atoms with Gasteiger partial charge in [-0.25, -0.2) is 4.99 Å². The molecule has 1 aromatic rings. The number of halogens is 3. The lowest BCUT2D eigenvalue weighted by Crippen LogP contribution is -2.16. The Bertz CT molecular complexity index is 428. The number of ether oxygens (including phenoxy) is 1. The van der Waals surface area contributed by atoms with E-state index in [0.29, 0.717) is 6.54 Å². The van der Waals surface area contributed by atoms with Crippen molar-refractivity contribution in [2.45, 2.75) is 19.2 Å². The van der Waals surface area contributed by atoms with Crippen LogP contribution >= 0.6 is 0 Å². The van der Waals surface area contributed by atoms with Gasteiger partial charge in [-0.3, -0.25) is 4.98 Å². The molecule has 0 amide bonds. The van der Waals surface area contributed by atoms with E-state index < -0.39 is 11.7 Å². The highest BCUT2D eigenvalue weighted by atomic mass is 19.4. The predicted molar refractivity (Wildman–Crippen MR) is 51.2 cm³/mol. The number of pyridine rings is 1. The van der Waals surface area contributed by atoms with E-state index in [2.05, 4.69) is 9.98 Å². The minimum absolute atomic E-state index is 0.0212. The van der Waals surface area contributed by atoms with Gasteiger partial charge in [0.1, 0.15) is 6.10 Å². The quantitative estimate of drug-likeness (QED) is 0.741. The van der Waals surface area contributed by atoms with E-state index in [1.165, 1.54) is 0 Å². The van der Waals surface area contributed by atoms with Gasteiger partial charge in [0.05, 0.1) is 17.7 Å². The van der Waals surface area contributed by atoms with Crippen LogP contribution in [0.2, 0.25) is 0 Å². The molecule has 6 heteroatoms. The van der Waals surface area contributed by atoms with E-state index in [1.54, 1.807) is 6.92 Å². The standard InChI is InChI=1S/C10H9F3N2O/c1-6-4-15-9(16-6)7-5-14-3-2-8(7)10(11,12)13/h2-3,5-6H,4H2,1H3. The van der Waals surface area contributed by atoms with Crippen molar-refractivity contribution < 1.29 is 17.9 Å². The lowest BCUT2D eigenvalue weighted by atomic mass is 10.1. The summed E-state index contributed by atoms with van der Waals surface area (Å²) in [5.74, 6) is 0.0212. The van der Waals surface area contributed by atoms with Gasteiger partial charge in [-0.15, -0.1) is 0 Å². The highest BCUT2D eigenvalue weighted by Gasteiger charge is 2.36. The maximum absolute atomic E-state index is 12.7. The summed E-state index contributed by atoms with van der Waals surface area (Å²) in [4.78, 5) is 7.58. The fourth-order valence-electron chi connectivity index (χ4n) is 1.44. The first-order valence-corrected chi connectivity index (χ1v) is 4.71. The molecule has 0 saturated carbocycles. The van der Waals surface area contributed by atoms with Gasteiger partial charge in [0.15, 0.2) is 0 Å². The van der Waals surface area contributed by atoms with Gasteiger partial charge in [0, 0.05) is 12.4 Å². The molecule has 0 saturated heterocycles. The topological polar surface area (TPSA) is 34.5 Å². The van der Waals surface area contributed by atoms with E-state index >= 15 is 0 Å². The zero-order valence-corrected chi connectivity index (χ0v) is 8.45. The molecule has 3 nitrogen and oxygen atoms in total. The summed E-state index contributed by atoms with van der Waals surface area (Å²) in [6.07, 6.45) is -2.38. The van der Waals surface area contributed by atoms with E-state index in [4.69, 9.17) is 4.74 Å². The van der Waals surface area contributed by atoms with Crippen LogP contribution in [-0.4, -0.2) is 23.5 Å². The van der Waals surface area contributed by atoms with Crippen LogP contribution in [0.25, 0.3) is 0 Å². The van der Waals surface area contributed by atoms with Crippen LogP contribution in [0.4, 0.5) is 13.2 Å².